The number of likely N-dealkylation sites (tertiary alicyclic amines) is 1. The summed E-state index contributed by atoms with van der Waals surface area (Å²) in [5.74, 6) is 1.62. The monoisotopic (exact) mass is 497 g/mol. The van der Waals surface area contributed by atoms with E-state index in [9.17, 15) is 4.79 Å². The molecule has 2 aromatic carbocycles. The number of amides is 1. The van der Waals surface area contributed by atoms with Gasteiger partial charge in [0.25, 0.3) is 0 Å². The molecule has 0 unspecified atom stereocenters. The summed E-state index contributed by atoms with van der Waals surface area (Å²) in [7, 11) is 1.64. The molecule has 7 nitrogen and oxygen atoms in total. The Morgan fingerprint density at radius 1 is 1.18 bits per heavy atom. The van der Waals surface area contributed by atoms with E-state index in [1.807, 2.05) is 41.3 Å². The van der Waals surface area contributed by atoms with Crippen molar-refractivity contribution in [1.29, 1.82) is 0 Å². The van der Waals surface area contributed by atoms with Crippen molar-refractivity contribution in [2.45, 2.75) is 23.1 Å². The minimum absolute atomic E-state index is 0.144. The number of benzene rings is 2. The molecule has 1 N–H and O–H groups in total. The normalized spacial score (nSPS) is 16.2. The maximum atomic E-state index is 12.9. The van der Waals surface area contributed by atoms with Crippen molar-refractivity contribution in [3.05, 3.63) is 53.5 Å². The predicted octanol–water partition coefficient (Wildman–Crippen LogP) is 5.40. The largest absolute Gasteiger partial charge is 0.497 e. The summed E-state index contributed by atoms with van der Waals surface area (Å²) in [6, 6.07) is 15.9. The lowest BCUT2D eigenvalue weighted by molar-refractivity contribution is -0.129. The number of anilines is 2. The molecule has 1 aliphatic heterocycles. The quantitative estimate of drug-likeness (QED) is 0.343. The average molecular weight is 498 g/mol. The van der Waals surface area contributed by atoms with Crippen molar-refractivity contribution in [2.24, 2.45) is 0 Å². The molecule has 2 aromatic heterocycles. The third-order valence-electron chi connectivity index (χ3n) is 5.50. The van der Waals surface area contributed by atoms with Crippen molar-refractivity contribution >= 4 is 61.4 Å². The van der Waals surface area contributed by atoms with Gasteiger partial charge in [0.05, 0.1) is 28.1 Å². The number of ether oxygens (including phenoxy) is 1. The number of hydrogen-bond acceptors (Lipinski definition) is 9. The molecular formula is C23H23N5O2S3. The lowest BCUT2D eigenvalue weighted by Gasteiger charge is -2.31. The molecule has 1 amide bonds. The Morgan fingerprint density at radius 2 is 2.03 bits per heavy atom. The maximum absolute atomic E-state index is 12.9. The van der Waals surface area contributed by atoms with Gasteiger partial charge in [-0.25, -0.2) is 4.98 Å². The first-order valence-corrected chi connectivity index (χ1v) is 13.3. The van der Waals surface area contributed by atoms with Crippen LogP contribution >= 0.6 is 34.4 Å². The number of carbonyl (C=O) groups excluding carboxylic acids is 1. The number of thioether (sulfide) groups is 1. The van der Waals surface area contributed by atoms with E-state index in [-0.39, 0.29) is 5.91 Å². The van der Waals surface area contributed by atoms with E-state index in [1.165, 1.54) is 27.8 Å². The molecule has 5 rings (SSSR count). The minimum atomic E-state index is 0.144. The van der Waals surface area contributed by atoms with Gasteiger partial charge in [0.2, 0.25) is 11.0 Å². The molecule has 3 heterocycles. The zero-order chi connectivity index (χ0) is 22.6. The van der Waals surface area contributed by atoms with Crippen LogP contribution in [0, 0.1) is 0 Å². The van der Waals surface area contributed by atoms with Crippen LogP contribution in [0.4, 0.5) is 10.8 Å². The molecule has 10 heteroatoms. The highest BCUT2D eigenvalue weighted by Crippen LogP contribution is 2.34. The molecule has 0 spiro atoms. The lowest BCUT2D eigenvalue weighted by Crippen LogP contribution is -2.40. The van der Waals surface area contributed by atoms with E-state index < -0.39 is 0 Å². The topological polar surface area (TPSA) is 80.2 Å². The fraction of sp³-hybridized carbons (Fsp3) is 0.304. The fourth-order valence-corrected chi connectivity index (χ4v) is 6.57. The van der Waals surface area contributed by atoms with Crippen LogP contribution in [0.1, 0.15) is 23.8 Å². The van der Waals surface area contributed by atoms with Gasteiger partial charge in [-0.3, -0.25) is 4.79 Å². The molecule has 4 aromatic rings. The Labute approximate surface area is 204 Å². The number of nitrogens with zero attached hydrogens (tertiary/aromatic N) is 4. The van der Waals surface area contributed by atoms with Gasteiger partial charge in [0, 0.05) is 24.7 Å². The standard InChI is InChI=1S/C23H23N5O2S3/c1-30-17-10-8-16(9-11-17)24-22-26-27-23(33-22)31-14-20(29)28-12-4-5-15(13-28)21-25-18-6-2-3-7-19(18)32-21/h2-3,6-11,15H,4-5,12-14H2,1H3,(H,24,26)/t15-/m1/s1. The van der Waals surface area contributed by atoms with E-state index in [4.69, 9.17) is 9.72 Å². The molecule has 0 aliphatic carbocycles. The van der Waals surface area contributed by atoms with Crippen LogP contribution in [0.3, 0.4) is 0 Å². The number of hydrogen-bond donors (Lipinski definition) is 1. The summed E-state index contributed by atoms with van der Waals surface area (Å²) >= 11 is 4.63. The number of carbonyl (C=O) groups is 1. The Kier molecular flexibility index (Phi) is 6.75. The van der Waals surface area contributed by atoms with E-state index >= 15 is 0 Å². The van der Waals surface area contributed by atoms with Crippen molar-refractivity contribution in [3.8, 4) is 5.75 Å². The molecule has 0 saturated carbocycles. The van der Waals surface area contributed by atoms with Gasteiger partial charge in [-0.1, -0.05) is 35.2 Å². The number of para-hydroxylation sites is 1. The number of piperidine rings is 1. The number of rotatable bonds is 7. The average Bonchev–Trinajstić information content (AvgIpc) is 3.50. The van der Waals surface area contributed by atoms with Gasteiger partial charge in [-0.05, 0) is 49.2 Å². The first kappa shape index (κ1) is 22.1. The summed E-state index contributed by atoms with van der Waals surface area (Å²) in [6.07, 6.45) is 2.08. The molecule has 1 saturated heterocycles. The van der Waals surface area contributed by atoms with Crippen molar-refractivity contribution in [2.75, 3.05) is 31.3 Å². The van der Waals surface area contributed by atoms with E-state index in [0.717, 1.165) is 52.2 Å². The zero-order valence-electron chi connectivity index (χ0n) is 18.1. The zero-order valence-corrected chi connectivity index (χ0v) is 20.5. The highest BCUT2D eigenvalue weighted by molar-refractivity contribution is 8.01. The third kappa shape index (κ3) is 5.29. The molecule has 1 fully saturated rings. The van der Waals surface area contributed by atoms with E-state index in [1.54, 1.807) is 18.4 Å². The number of fused-ring (bicyclic) bond motifs is 1. The molecule has 33 heavy (non-hydrogen) atoms. The number of thiazole rings is 1. The highest BCUT2D eigenvalue weighted by atomic mass is 32.2. The number of methoxy groups -OCH3 is 1. The Hall–Kier alpha value is -2.69. The van der Waals surface area contributed by atoms with Crippen molar-refractivity contribution in [1.82, 2.24) is 20.1 Å². The summed E-state index contributed by atoms with van der Waals surface area (Å²) < 4.78 is 7.16. The SMILES string of the molecule is COc1ccc(Nc2nnc(SCC(=O)N3CCC[C@@H](c4nc5ccccc5s4)C3)s2)cc1. The van der Waals surface area contributed by atoms with Crippen LogP contribution in [0.2, 0.25) is 0 Å². The van der Waals surface area contributed by atoms with Gasteiger partial charge in [-0.15, -0.1) is 21.5 Å². The second kappa shape index (κ2) is 10.1. The number of nitrogens with one attached hydrogen (secondary N) is 1. The Morgan fingerprint density at radius 3 is 2.85 bits per heavy atom. The Bertz CT molecular complexity index is 1210. The van der Waals surface area contributed by atoms with Crippen LogP contribution in [0.25, 0.3) is 10.2 Å². The summed E-state index contributed by atoms with van der Waals surface area (Å²) in [5.41, 5.74) is 1.96. The molecule has 0 bridgehead atoms. The highest BCUT2D eigenvalue weighted by Gasteiger charge is 2.27. The first-order valence-electron chi connectivity index (χ1n) is 10.7. The van der Waals surface area contributed by atoms with Crippen molar-refractivity contribution in [3.63, 3.8) is 0 Å². The second-order valence-electron chi connectivity index (χ2n) is 7.71. The summed E-state index contributed by atoms with van der Waals surface area (Å²) in [4.78, 5) is 19.7. The Balaban J connectivity index is 1.15. The summed E-state index contributed by atoms with van der Waals surface area (Å²) in [6.45, 7) is 1.54. The smallest absolute Gasteiger partial charge is 0.233 e. The van der Waals surface area contributed by atoms with Gasteiger partial charge in [0.1, 0.15) is 5.75 Å². The molecule has 1 atom stereocenters. The molecular weight excluding hydrogens is 474 g/mol. The van der Waals surface area contributed by atoms with E-state index in [2.05, 4.69) is 27.6 Å². The fourth-order valence-electron chi connectivity index (χ4n) is 3.80. The molecule has 170 valence electrons. The van der Waals surface area contributed by atoms with Crippen LogP contribution in [-0.2, 0) is 4.79 Å². The van der Waals surface area contributed by atoms with Gasteiger partial charge in [-0.2, -0.15) is 0 Å². The van der Waals surface area contributed by atoms with Crippen LogP contribution in [-0.4, -0.2) is 51.9 Å². The second-order valence-corrected chi connectivity index (χ2v) is 11.0. The lowest BCUT2D eigenvalue weighted by atomic mass is 9.99. The van der Waals surface area contributed by atoms with Gasteiger partial charge >= 0.3 is 0 Å². The molecule has 1 aliphatic rings. The summed E-state index contributed by atoms with van der Waals surface area (Å²) in [5, 5.41) is 13.5. The maximum Gasteiger partial charge on any atom is 0.233 e. The third-order valence-corrected chi connectivity index (χ3v) is 8.66. The first-order chi connectivity index (χ1) is 16.2. The number of aromatic nitrogens is 3. The van der Waals surface area contributed by atoms with Gasteiger partial charge in [0.15, 0.2) is 4.34 Å². The minimum Gasteiger partial charge on any atom is -0.497 e. The molecule has 0 radical (unpaired) electrons. The van der Waals surface area contributed by atoms with Crippen LogP contribution in [0.5, 0.6) is 5.75 Å². The van der Waals surface area contributed by atoms with Gasteiger partial charge < -0.3 is 15.0 Å². The van der Waals surface area contributed by atoms with Crippen LogP contribution in [0.15, 0.2) is 52.9 Å². The van der Waals surface area contributed by atoms with Crippen molar-refractivity contribution < 1.29 is 9.53 Å². The van der Waals surface area contributed by atoms with E-state index in [0.29, 0.717) is 16.8 Å². The predicted molar refractivity (Wildman–Crippen MR) is 135 cm³/mol. The van der Waals surface area contributed by atoms with Crippen LogP contribution < -0.4 is 10.1 Å².